The van der Waals surface area contributed by atoms with Crippen molar-refractivity contribution in [2.45, 2.75) is 64.5 Å². The van der Waals surface area contributed by atoms with Crippen LogP contribution >= 0.6 is 0 Å². The van der Waals surface area contributed by atoms with Crippen LogP contribution in [0.1, 0.15) is 6.42 Å². The van der Waals surface area contributed by atoms with E-state index in [-0.39, 0.29) is 0 Å². The van der Waals surface area contributed by atoms with Crippen molar-refractivity contribution in [1.82, 2.24) is 0 Å². The molecule has 0 saturated carbocycles. The first-order valence-electron chi connectivity index (χ1n) is 10.4. The summed E-state index contributed by atoms with van der Waals surface area (Å²) in [6, 6.07) is 0. The predicted octanol–water partition coefficient (Wildman–Crippen LogP) is 7.26. The molecule has 9 heteroatoms. The summed E-state index contributed by atoms with van der Waals surface area (Å²) in [5.41, 5.74) is 0. The third kappa shape index (κ3) is 5.72. The van der Waals surface area contributed by atoms with Gasteiger partial charge < -0.3 is 0 Å². The molecular formula is C21H32F5Si3Y. The van der Waals surface area contributed by atoms with E-state index in [1.165, 1.54) is 8.09 Å². The van der Waals surface area contributed by atoms with Gasteiger partial charge in [0, 0.05) is 0 Å². The third-order valence-corrected chi connectivity index (χ3v) is 42.5. The molecule has 0 aromatic heterocycles. The Hall–Kier alpha value is 0.105. The number of allylic oxidation sites excluding steroid dienone is 4. The van der Waals surface area contributed by atoms with E-state index in [9.17, 15) is 22.0 Å². The molecule has 0 heterocycles. The fourth-order valence-electron chi connectivity index (χ4n) is 4.60. The molecule has 0 atom stereocenters. The zero-order valence-electron chi connectivity index (χ0n) is 19.2. The topological polar surface area (TPSA) is 0 Å². The SMILES string of the molecule is C[Si](C)(C)[CH2][Y]([CH2][Si](C)(C)C)[C]1=C([Si](C)(C)c2c(F)c(F)c(F)c(F)c2F)C=CC1. The number of hydrogen-bond donors (Lipinski definition) is 0. The second-order valence-electron chi connectivity index (χ2n) is 11.3. The van der Waals surface area contributed by atoms with Gasteiger partial charge in [-0.2, -0.15) is 0 Å². The van der Waals surface area contributed by atoms with Crippen molar-refractivity contribution in [3.8, 4) is 0 Å². The predicted molar refractivity (Wildman–Crippen MR) is 120 cm³/mol. The van der Waals surface area contributed by atoms with Gasteiger partial charge in [0.15, 0.2) is 0 Å². The zero-order valence-corrected chi connectivity index (χ0v) is 25.1. The van der Waals surface area contributed by atoms with E-state index in [1.807, 2.05) is 12.2 Å². The van der Waals surface area contributed by atoms with Gasteiger partial charge >= 0.3 is 192 Å². The van der Waals surface area contributed by atoms with Crippen LogP contribution in [0.2, 0.25) is 58.1 Å². The molecule has 1 aliphatic rings. The molecule has 0 nitrogen and oxygen atoms in total. The molecule has 166 valence electrons. The van der Waals surface area contributed by atoms with Crippen LogP contribution < -0.4 is 5.19 Å². The van der Waals surface area contributed by atoms with E-state index in [1.54, 1.807) is 13.1 Å². The summed E-state index contributed by atoms with van der Waals surface area (Å²) in [7, 11) is -5.82. The molecule has 30 heavy (non-hydrogen) atoms. The molecule has 0 saturated heterocycles. The molecule has 2 rings (SSSR count). The minimum atomic E-state index is -3.12. The normalized spacial score (nSPS) is 15.4. The van der Waals surface area contributed by atoms with E-state index in [4.69, 9.17) is 0 Å². The van der Waals surface area contributed by atoms with E-state index in [0.717, 1.165) is 11.6 Å². The zero-order chi connectivity index (χ0) is 23.2. The van der Waals surface area contributed by atoms with Crippen molar-refractivity contribution in [1.29, 1.82) is 0 Å². The summed E-state index contributed by atoms with van der Waals surface area (Å²) < 4.78 is 74.9. The van der Waals surface area contributed by atoms with E-state index >= 15 is 0 Å². The molecule has 0 spiro atoms. The summed E-state index contributed by atoms with van der Waals surface area (Å²) >= 11 is -2.29. The van der Waals surface area contributed by atoms with Crippen LogP contribution in [0.4, 0.5) is 22.0 Å². The molecule has 1 aromatic rings. The number of rotatable bonds is 7. The van der Waals surface area contributed by atoms with Crippen LogP contribution in [0, 0.1) is 29.1 Å². The Kier molecular flexibility index (Phi) is 8.05. The average Bonchev–Trinajstić information content (AvgIpc) is 3.06. The minimum absolute atomic E-state index is 0.580. The Morgan fingerprint density at radius 3 is 1.50 bits per heavy atom. The van der Waals surface area contributed by atoms with Crippen molar-refractivity contribution in [2.75, 3.05) is 0 Å². The van der Waals surface area contributed by atoms with E-state index in [2.05, 4.69) is 39.3 Å². The Labute approximate surface area is 191 Å². The summed E-state index contributed by atoms with van der Waals surface area (Å²) in [5.74, 6) is -9.06. The third-order valence-electron chi connectivity index (χ3n) is 5.69. The first-order valence-corrected chi connectivity index (χ1v) is 26.2. The summed E-state index contributed by atoms with van der Waals surface area (Å²) in [4.78, 5) is 0. The van der Waals surface area contributed by atoms with Crippen LogP contribution in [0.5, 0.6) is 0 Å². The summed E-state index contributed by atoms with van der Waals surface area (Å²) in [6.07, 6.45) is 4.75. The van der Waals surface area contributed by atoms with Gasteiger partial charge in [0.1, 0.15) is 0 Å². The Balaban J connectivity index is 2.69. The maximum absolute atomic E-state index is 14.7. The number of hydrogen-bond acceptors (Lipinski definition) is 0. The molecule has 0 aliphatic heterocycles. The molecule has 0 fully saturated rings. The van der Waals surface area contributed by atoms with Gasteiger partial charge in [0.05, 0.1) is 0 Å². The monoisotopic (exact) mass is 552 g/mol. The average molecular weight is 553 g/mol. The Morgan fingerprint density at radius 1 is 0.700 bits per heavy atom. The molecular weight excluding hydrogens is 520 g/mol. The van der Waals surface area contributed by atoms with Gasteiger partial charge in [-0.25, -0.2) is 0 Å². The fourth-order valence-corrected chi connectivity index (χ4v) is 46.6. The van der Waals surface area contributed by atoms with Crippen molar-refractivity contribution in [2.24, 2.45) is 0 Å². The first-order chi connectivity index (χ1) is 13.5. The van der Waals surface area contributed by atoms with Gasteiger partial charge in [-0.1, -0.05) is 0 Å². The van der Waals surface area contributed by atoms with Gasteiger partial charge in [-0.3, -0.25) is 0 Å². The second kappa shape index (κ2) is 9.16. The summed E-state index contributed by atoms with van der Waals surface area (Å²) in [6.45, 7) is 17.6. The molecule has 0 bridgehead atoms. The van der Waals surface area contributed by atoms with Crippen molar-refractivity contribution < 1.29 is 49.4 Å². The maximum atomic E-state index is 14.7. The first kappa shape index (κ1) is 26.4. The van der Waals surface area contributed by atoms with Gasteiger partial charge in [0.25, 0.3) is 0 Å². The van der Waals surface area contributed by atoms with Gasteiger partial charge in [-0.05, 0) is 0 Å². The summed E-state index contributed by atoms with van der Waals surface area (Å²) in [5, 5.41) is 0.340. The second-order valence-corrected chi connectivity index (χ2v) is 37.8. The van der Waals surface area contributed by atoms with Crippen molar-refractivity contribution >= 4 is 29.4 Å². The molecule has 0 unspecified atom stereocenters. The van der Waals surface area contributed by atoms with Crippen LogP contribution in [-0.2, 0) is 27.4 Å². The quantitative estimate of drug-likeness (QED) is 0.145. The standard InChI is InChI=1S/C13H10F5Si.2C4H11Si.Y/c1-19(2,7-5-3-4-6-7)13-11(17)9(15)8(14)10(16)12(13)18;2*1-5(2,3)4;/h3,5H,4H2,1-2H3;2*1H2,2-4H3;. The molecule has 0 N–H and O–H groups in total. The molecule has 0 amide bonds. The number of halogens is 5. The molecule has 1 aliphatic carbocycles. The van der Waals surface area contributed by atoms with Gasteiger partial charge in [0.2, 0.25) is 0 Å². The fraction of sp³-hybridized carbons (Fsp3) is 0.524. The number of benzene rings is 1. The van der Waals surface area contributed by atoms with E-state index in [0.29, 0.717) is 0 Å². The van der Waals surface area contributed by atoms with Crippen LogP contribution in [0.25, 0.3) is 0 Å². The van der Waals surface area contributed by atoms with Crippen LogP contribution in [0.15, 0.2) is 19.7 Å². The van der Waals surface area contributed by atoms with Crippen LogP contribution in [-0.4, -0.2) is 24.2 Å². The molecule has 1 aromatic carbocycles. The van der Waals surface area contributed by atoms with Crippen molar-refractivity contribution in [3.63, 3.8) is 0 Å². The van der Waals surface area contributed by atoms with Crippen molar-refractivity contribution in [3.05, 3.63) is 48.8 Å². The Bertz CT molecular complexity index is 850. The Morgan fingerprint density at radius 2 is 1.10 bits per heavy atom. The molecule has 0 radical (unpaired) electrons. The van der Waals surface area contributed by atoms with Crippen LogP contribution in [0.3, 0.4) is 0 Å². The van der Waals surface area contributed by atoms with E-state index < -0.39 is 85.9 Å². The van der Waals surface area contributed by atoms with Gasteiger partial charge in [-0.15, -0.1) is 0 Å².